The molecule has 4 rings (SSSR count). The predicted octanol–water partition coefficient (Wildman–Crippen LogP) is 2.96. The van der Waals surface area contributed by atoms with Gasteiger partial charge in [-0.1, -0.05) is 25.1 Å². The number of para-hydroxylation sites is 1. The highest BCUT2D eigenvalue weighted by molar-refractivity contribution is 5.83. The van der Waals surface area contributed by atoms with E-state index in [0.29, 0.717) is 12.6 Å². The smallest absolute Gasteiger partial charge is 0.162 e. The number of rotatable bonds is 5. The summed E-state index contributed by atoms with van der Waals surface area (Å²) in [5.41, 5.74) is 2.86. The van der Waals surface area contributed by atoms with Gasteiger partial charge in [0.2, 0.25) is 0 Å². The summed E-state index contributed by atoms with van der Waals surface area (Å²) >= 11 is 0. The van der Waals surface area contributed by atoms with E-state index in [-0.39, 0.29) is 0 Å². The van der Waals surface area contributed by atoms with Gasteiger partial charge in [-0.3, -0.25) is 0 Å². The van der Waals surface area contributed by atoms with Crippen molar-refractivity contribution < 1.29 is 4.74 Å². The first kappa shape index (κ1) is 14.9. The molecule has 1 saturated heterocycles. The minimum Gasteiger partial charge on any atom is -0.491 e. The van der Waals surface area contributed by atoms with Gasteiger partial charge in [0.25, 0.3) is 0 Å². The maximum absolute atomic E-state index is 6.14. The van der Waals surface area contributed by atoms with E-state index in [1.807, 2.05) is 6.07 Å². The van der Waals surface area contributed by atoms with Gasteiger partial charge in [-0.15, -0.1) is 0 Å². The fourth-order valence-corrected chi connectivity index (χ4v) is 3.37. The minimum absolute atomic E-state index is 0.310. The molecule has 1 atom stereocenters. The van der Waals surface area contributed by atoms with Gasteiger partial charge in [0.05, 0.1) is 12.4 Å². The first-order chi connectivity index (χ1) is 11.9. The van der Waals surface area contributed by atoms with Gasteiger partial charge in [-0.2, -0.15) is 0 Å². The largest absolute Gasteiger partial charge is 0.491 e. The lowest BCUT2D eigenvalue weighted by Crippen LogP contribution is -2.35. The summed E-state index contributed by atoms with van der Waals surface area (Å²) in [7, 11) is 0. The summed E-state index contributed by atoms with van der Waals surface area (Å²) in [5.74, 6) is 1.88. The van der Waals surface area contributed by atoms with Gasteiger partial charge in [0.15, 0.2) is 11.5 Å². The SMILES string of the molecule is CCc1ccccc1OC[C@H]1CCCN1c1ncnc2[nH]cnc12. The van der Waals surface area contributed by atoms with Crippen molar-refractivity contribution in [2.75, 3.05) is 18.1 Å². The molecule has 0 saturated carbocycles. The maximum atomic E-state index is 6.14. The monoisotopic (exact) mass is 323 g/mol. The number of nitrogens with zero attached hydrogens (tertiary/aromatic N) is 4. The minimum atomic E-state index is 0.310. The number of nitrogens with one attached hydrogen (secondary N) is 1. The standard InChI is InChI=1S/C18H21N5O/c1-2-13-6-3-4-8-15(13)24-10-14-7-5-9-23(14)18-16-17(20-11-19-16)21-12-22-18/h3-4,6,8,11-12,14H,2,5,7,9-10H2,1H3,(H,19,20,21,22)/t14-/m1/s1. The van der Waals surface area contributed by atoms with Gasteiger partial charge >= 0.3 is 0 Å². The van der Waals surface area contributed by atoms with Crippen LogP contribution in [-0.2, 0) is 6.42 Å². The van der Waals surface area contributed by atoms with Crippen molar-refractivity contribution in [3.05, 3.63) is 42.5 Å². The molecule has 1 aromatic carbocycles. The van der Waals surface area contributed by atoms with Crippen molar-refractivity contribution >= 4 is 17.0 Å². The normalized spacial score (nSPS) is 17.5. The molecular formula is C18H21N5O. The van der Waals surface area contributed by atoms with Crippen LogP contribution >= 0.6 is 0 Å². The lowest BCUT2D eigenvalue weighted by atomic mass is 10.1. The number of aromatic nitrogens is 4. The van der Waals surface area contributed by atoms with Crippen molar-refractivity contribution in [2.24, 2.45) is 0 Å². The fourth-order valence-electron chi connectivity index (χ4n) is 3.37. The summed E-state index contributed by atoms with van der Waals surface area (Å²) in [6, 6.07) is 8.57. The van der Waals surface area contributed by atoms with Crippen molar-refractivity contribution in [3.63, 3.8) is 0 Å². The van der Waals surface area contributed by atoms with Crippen LogP contribution in [0.15, 0.2) is 36.9 Å². The van der Waals surface area contributed by atoms with Gasteiger partial charge in [0, 0.05) is 6.54 Å². The number of anilines is 1. The second kappa shape index (κ2) is 6.47. The average Bonchev–Trinajstić information content (AvgIpc) is 3.28. The molecule has 1 aliphatic heterocycles. The lowest BCUT2D eigenvalue weighted by Gasteiger charge is -2.26. The zero-order valence-electron chi connectivity index (χ0n) is 13.8. The number of hydrogen-bond donors (Lipinski definition) is 1. The Morgan fingerprint density at radius 2 is 2.17 bits per heavy atom. The first-order valence-corrected chi connectivity index (χ1v) is 8.48. The molecule has 1 N–H and O–H groups in total. The van der Waals surface area contributed by atoms with Crippen molar-refractivity contribution in [1.82, 2.24) is 19.9 Å². The van der Waals surface area contributed by atoms with E-state index in [9.17, 15) is 0 Å². The highest BCUT2D eigenvalue weighted by Crippen LogP contribution is 2.29. The molecule has 0 bridgehead atoms. The molecule has 1 aliphatic rings. The van der Waals surface area contributed by atoms with Crippen LogP contribution in [0, 0.1) is 0 Å². The average molecular weight is 323 g/mol. The van der Waals surface area contributed by atoms with Crippen LogP contribution in [-0.4, -0.2) is 39.1 Å². The molecule has 24 heavy (non-hydrogen) atoms. The Kier molecular flexibility index (Phi) is 4.02. The predicted molar refractivity (Wildman–Crippen MR) is 93.4 cm³/mol. The second-order valence-corrected chi connectivity index (χ2v) is 6.06. The Balaban J connectivity index is 1.54. The Morgan fingerprint density at radius 3 is 3.08 bits per heavy atom. The molecule has 1 fully saturated rings. The molecule has 6 heteroatoms. The van der Waals surface area contributed by atoms with Gasteiger partial charge in [-0.25, -0.2) is 15.0 Å². The van der Waals surface area contributed by atoms with E-state index in [1.165, 1.54) is 5.56 Å². The lowest BCUT2D eigenvalue weighted by molar-refractivity contribution is 0.286. The van der Waals surface area contributed by atoms with E-state index in [2.05, 4.69) is 50.0 Å². The van der Waals surface area contributed by atoms with Gasteiger partial charge < -0.3 is 14.6 Å². The van der Waals surface area contributed by atoms with Crippen molar-refractivity contribution in [3.8, 4) is 5.75 Å². The molecular weight excluding hydrogens is 302 g/mol. The number of hydrogen-bond acceptors (Lipinski definition) is 5. The van der Waals surface area contributed by atoms with E-state index in [1.54, 1.807) is 12.7 Å². The zero-order chi connectivity index (χ0) is 16.4. The second-order valence-electron chi connectivity index (χ2n) is 6.06. The summed E-state index contributed by atoms with van der Waals surface area (Å²) in [6.07, 6.45) is 6.48. The number of aromatic amines is 1. The van der Waals surface area contributed by atoms with Gasteiger partial charge in [-0.05, 0) is 30.9 Å². The summed E-state index contributed by atoms with van der Waals surface area (Å²) in [5, 5.41) is 0. The van der Waals surface area contributed by atoms with E-state index in [4.69, 9.17) is 4.74 Å². The summed E-state index contributed by atoms with van der Waals surface area (Å²) < 4.78 is 6.14. The summed E-state index contributed by atoms with van der Waals surface area (Å²) in [6.45, 7) is 3.79. The fraction of sp³-hybridized carbons (Fsp3) is 0.389. The molecule has 0 spiro atoms. The Hall–Kier alpha value is -2.63. The quantitative estimate of drug-likeness (QED) is 0.782. The number of imidazole rings is 1. The molecule has 124 valence electrons. The van der Waals surface area contributed by atoms with E-state index in [0.717, 1.165) is 48.5 Å². The highest BCUT2D eigenvalue weighted by Gasteiger charge is 2.28. The van der Waals surface area contributed by atoms with Crippen LogP contribution in [0.4, 0.5) is 5.82 Å². The van der Waals surface area contributed by atoms with Crippen LogP contribution in [0.2, 0.25) is 0 Å². The Labute approximate surface area is 140 Å². The molecule has 2 aromatic heterocycles. The number of ether oxygens (including phenoxy) is 1. The van der Waals surface area contributed by atoms with Crippen LogP contribution in [0.1, 0.15) is 25.3 Å². The first-order valence-electron chi connectivity index (χ1n) is 8.48. The molecule has 6 nitrogen and oxygen atoms in total. The van der Waals surface area contributed by atoms with E-state index >= 15 is 0 Å². The van der Waals surface area contributed by atoms with Crippen LogP contribution in [0.5, 0.6) is 5.75 Å². The number of H-pyrrole nitrogens is 1. The zero-order valence-corrected chi connectivity index (χ0v) is 13.8. The number of fused-ring (bicyclic) bond motifs is 1. The molecule has 0 amide bonds. The third kappa shape index (κ3) is 2.68. The molecule has 3 heterocycles. The molecule has 0 unspecified atom stereocenters. The third-order valence-corrected chi connectivity index (χ3v) is 4.63. The number of aryl methyl sites for hydroxylation is 1. The Bertz CT molecular complexity index is 831. The molecule has 3 aromatic rings. The highest BCUT2D eigenvalue weighted by atomic mass is 16.5. The van der Waals surface area contributed by atoms with E-state index < -0.39 is 0 Å². The van der Waals surface area contributed by atoms with Crippen LogP contribution in [0.25, 0.3) is 11.2 Å². The maximum Gasteiger partial charge on any atom is 0.162 e. The molecule has 0 aliphatic carbocycles. The summed E-state index contributed by atoms with van der Waals surface area (Å²) in [4.78, 5) is 18.4. The van der Waals surface area contributed by atoms with Crippen LogP contribution in [0.3, 0.4) is 0 Å². The van der Waals surface area contributed by atoms with Crippen LogP contribution < -0.4 is 9.64 Å². The topological polar surface area (TPSA) is 66.9 Å². The third-order valence-electron chi connectivity index (χ3n) is 4.63. The van der Waals surface area contributed by atoms with Crippen molar-refractivity contribution in [2.45, 2.75) is 32.2 Å². The Morgan fingerprint density at radius 1 is 1.25 bits per heavy atom. The number of benzene rings is 1. The van der Waals surface area contributed by atoms with Gasteiger partial charge in [0.1, 0.15) is 24.2 Å². The molecule has 0 radical (unpaired) electrons. The van der Waals surface area contributed by atoms with Crippen molar-refractivity contribution in [1.29, 1.82) is 0 Å².